The van der Waals surface area contributed by atoms with Gasteiger partial charge in [0.2, 0.25) is 11.9 Å². The number of nitrogens with zero attached hydrogens (tertiary/aromatic N) is 3. The van der Waals surface area contributed by atoms with Gasteiger partial charge < -0.3 is 25.4 Å². The number of halogens is 4. The average molecular weight is 551 g/mol. The second-order valence-corrected chi connectivity index (χ2v) is 10.4. The van der Waals surface area contributed by atoms with Gasteiger partial charge in [0.15, 0.2) is 5.88 Å². The smallest absolute Gasteiger partial charge is 0.417 e. The third kappa shape index (κ3) is 6.63. The van der Waals surface area contributed by atoms with Crippen molar-refractivity contribution < 1.29 is 22.6 Å². The van der Waals surface area contributed by atoms with E-state index in [1.165, 1.54) is 6.07 Å². The fourth-order valence-electron chi connectivity index (χ4n) is 4.31. The van der Waals surface area contributed by atoms with Crippen LogP contribution in [0.15, 0.2) is 48.9 Å². The molecule has 1 aliphatic rings. The average Bonchev–Trinajstić information content (AvgIpc) is 3.45. The van der Waals surface area contributed by atoms with Crippen LogP contribution in [-0.2, 0) is 10.9 Å². The highest BCUT2D eigenvalue weighted by atomic mass is 35.5. The minimum Gasteiger partial charge on any atom is -0.491 e. The Morgan fingerprint density at radius 1 is 1.24 bits per heavy atom. The van der Waals surface area contributed by atoms with Gasteiger partial charge in [0.1, 0.15) is 18.0 Å². The van der Waals surface area contributed by atoms with Gasteiger partial charge in [-0.15, -0.1) is 5.10 Å². The first-order valence-electron chi connectivity index (χ1n) is 12.0. The zero-order valence-electron chi connectivity index (χ0n) is 21.3. The number of likely N-dealkylation sites (tertiary alicyclic amines) is 1. The number of ether oxygens (including phenoxy) is 2. The summed E-state index contributed by atoms with van der Waals surface area (Å²) < 4.78 is 54.0. The molecule has 0 radical (unpaired) electrons. The molecule has 4 rings (SSSR count). The number of nitrogens with two attached hydrogens (primary N) is 1. The zero-order valence-corrected chi connectivity index (χ0v) is 22.1. The Balaban J connectivity index is 1.50. The summed E-state index contributed by atoms with van der Waals surface area (Å²) in [7, 11) is 0. The van der Waals surface area contributed by atoms with E-state index >= 15 is 0 Å². The second-order valence-electron chi connectivity index (χ2n) is 9.98. The first-order valence-corrected chi connectivity index (χ1v) is 12.4. The van der Waals surface area contributed by atoms with E-state index in [1.807, 2.05) is 20.8 Å². The normalized spacial score (nSPS) is 16.0. The van der Waals surface area contributed by atoms with Gasteiger partial charge >= 0.3 is 6.18 Å². The van der Waals surface area contributed by atoms with Gasteiger partial charge in [-0.1, -0.05) is 23.7 Å². The SMILES string of the molecule is C=C(OC(C)(C)C)N1CCCC1COc1ccc(-c2c(Cl)cc(Nc3n[nH]c(N)n3)cc2C(F)(F)F)cc1. The van der Waals surface area contributed by atoms with Crippen molar-refractivity contribution in [2.45, 2.75) is 51.4 Å². The molecule has 0 amide bonds. The van der Waals surface area contributed by atoms with Crippen LogP contribution in [0.1, 0.15) is 39.2 Å². The summed E-state index contributed by atoms with van der Waals surface area (Å²) >= 11 is 6.35. The van der Waals surface area contributed by atoms with Crippen LogP contribution in [0.5, 0.6) is 5.75 Å². The third-order valence-corrected chi connectivity index (χ3v) is 6.16. The van der Waals surface area contributed by atoms with E-state index < -0.39 is 11.7 Å². The van der Waals surface area contributed by atoms with Crippen LogP contribution in [0.25, 0.3) is 11.1 Å². The van der Waals surface area contributed by atoms with Crippen LogP contribution >= 0.6 is 11.6 Å². The molecule has 4 N–H and O–H groups in total. The molecule has 0 aliphatic carbocycles. The molecule has 2 heterocycles. The lowest BCUT2D eigenvalue weighted by molar-refractivity contribution is -0.137. The molecule has 1 aliphatic heterocycles. The number of benzene rings is 2. The maximum atomic E-state index is 14.0. The van der Waals surface area contributed by atoms with Gasteiger partial charge in [-0.3, -0.25) is 0 Å². The monoisotopic (exact) mass is 550 g/mol. The number of hydrogen-bond acceptors (Lipinski definition) is 7. The molecular weight excluding hydrogens is 521 g/mol. The largest absolute Gasteiger partial charge is 0.491 e. The molecule has 12 heteroatoms. The maximum absolute atomic E-state index is 14.0. The number of rotatable bonds is 8. The predicted octanol–water partition coefficient (Wildman–Crippen LogP) is 6.60. The predicted molar refractivity (Wildman–Crippen MR) is 141 cm³/mol. The molecule has 0 saturated carbocycles. The van der Waals surface area contributed by atoms with Gasteiger partial charge in [-0.25, -0.2) is 5.10 Å². The van der Waals surface area contributed by atoms with Crippen molar-refractivity contribution >= 4 is 29.2 Å². The number of hydrogen-bond donors (Lipinski definition) is 3. The van der Waals surface area contributed by atoms with Crippen molar-refractivity contribution in [3.63, 3.8) is 0 Å². The first kappa shape index (κ1) is 27.4. The van der Waals surface area contributed by atoms with E-state index in [0.29, 0.717) is 23.8 Å². The molecule has 1 saturated heterocycles. The Kier molecular flexibility index (Phi) is 7.68. The summed E-state index contributed by atoms with van der Waals surface area (Å²) in [6.07, 6.45) is -2.74. The topological polar surface area (TPSA) is 101 Å². The molecule has 1 unspecified atom stereocenters. The lowest BCUT2D eigenvalue weighted by Gasteiger charge is -2.32. The molecule has 1 fully saturated rings. The highest BCUT2D eigenvalue weighted by Gasteiger charge is 2.35. The Bertz CT molecular complexity index is 1290. The van der Waals surface area contributed by atoms with Crippen molar-refractivity contribution in [2.24, 2.45) is 0 Å². The number of aromatic nitrogens is 3. The van der Waals surface area contributed by atoms with Crippen LogP contribution in [-0.4, -0.2) is 44.9 Å². The highest BCUT2D eigenvalue weighted by Crippen LogP contribution is 2.43. The third-order valence-electron chi connectivity index (χ3n) is 5.86. The lowest BCUT2D eigenvalue weighted by atomic mass is 9.98. The highest BCUT2D eigenvalue weighted by molar-refractivity contribution is 6.34. The number of H-pyrrole nitrogens is 1. The number of nitrogens with one attached hydrogen (secondary N) is 2. The molecule has 8 nitrogen and oxygen atoms in total. The summed E-state index contributed by atoms with van der Waals surface area (Å²) in [6.45, 7) is 11.2. The number of aromatic amines is 1. The van der Waals surface area contributed by atoms with Crippen LogP contribution < -0.4 is 15.8 Å². The maximum Gasteiger partial charge on any atom is 0.417 e. The van der Waals surface area contributed by atoms with Crippen molar-refractivity contribution in [2.75, 3.05) is 24.2 Å². The lowest BCUT2D eigenvalue weighted by Crippen LogP contribution is -2.36. The molecular formula is C26H30ClF3N6O2. The van der Waals surface area contributed by atoms with Crippen LogP contribution in [0.4, 0.5) is 30.8 Å². The molecule has 204 valence electrons. The standard InChI is InChI=1S/C26H30ClF3N6O2/c1-15(38-25(2,3)4)36-11-5-6-18(36)14-37-19-9-7-16(8-10-19)22-20(26(28,29)30)12-17(13-21(22)27)32-24-33-23(31)34-35-24/h7-10,12-13,18H,1,5-6,11,14H2,2-4H3,(H4,31,32,33,34,35). The van der Waals surface area contributed by atoms with Crippen LogP contribution in [0.3, 0.4) is 0 Å². The zero-order chi connectivity index (χ0) is 27.7. The molecule has 1 atom stereocenters. The summed E-state index contributed by atoms with van der Waals surface area (Å²) in [4.78, 5) is 5.94. The molecule has 0 spiro atoms. The summed E-state index contributed by atoms with van der Waals surface area (Å²) in [5, 5.41) is 8.77. The van der Waals surface area contributed by atoms with E-state index in [2.05, 4.69) is 32.0 Å². The van der Waals surface area contributed by atoms with Crippen LogP contribution in [0.2, 0.25) is 5.02 Å². The van der Waals surface area contributed by atoms with Gasteiger partial charge in [0.05, 0.1) is 16.6 Å². The van der Waals surface area contributed by atoms with E-state index in [0.717, 1.165) is 25.5 Å². The van der Waals surface area contributed by atoms with Crippen LogP contribution in [0, 0.1) is 0 Å². The second kappa shape index (κ2) is 10.6. The Labute approximate surface area is 224 Å². The number of alkyl halides is 3. The number of anilines is 3. The van der Waals surface area contributed by atoms with E-state index in [9.17, 15) is 13.2 Å². The van der Waals surface area contributed by atoms with Gasteiger partial charge in [0.25, 0.3) is 0 Å². The first-order chi connectivity index (χ1) is 17.8. The van der Waals surface area contributed by atoms with Crippen molar-refractivity contribution in [1.29, 1.82) is 0 Å². The summed E-state index contributed by atoms with van der Waals surface area (Å²) in [5.41, 5.74) is 4.46. The fraction of sp³-hybridized carbons (Fsp3) is 0.385. The Morgan fingerprint density at radius 2 is 1.95 bits per heavy atom. The molecule has 0 bridgehead atoms. The van der Waals surface area contributed by atoms with Gasteiger partial charge in [0, 0.05) is 17.8 Å². The van der Waals surface area contributed by atoms with E-state index in [-0.39, 0.29) is 39.8 Å². The Hall–Kier alpha value is -3.60. The number of nitrogen functional groups attached to an aromatic ring is 1. The quantitative estimate of drug-likeness (QED) is 0.272. The van der Waals surface area contributed by atoms with E-state index in [4.69, 9.17) is 26.8 Å². The van der Waals surface area contributed by atoms with Gasteiger partial charge in [-0.05, 0) is 70.0 Å². The molecule has 38 heavy (non-hydrogen) atoms. The molecule has 3 aromatic rings. The van der Waals surface area contributed by atoms with Crippen molar-refractivity contribution in [3.8, 4) is 16.9 Å². The fourth-order valence-corrected chi connectivity index (χ4v) is 4.64. The Morgan fingerprint density at radius 3 is 2.55 bits per heavy atom. The minimum absolute atomic E-state index is 0.0234. The summed E-state index contributed by atoms with van der Waals surface area (Å²) in [6, 6.07) is 8.81. The van der Waals surface area contributed by atoms with E-state index in [1.54, 1.807) is 24.3 Å². The van der Waals surface area contributed by atoms with Crippen molar-refractivity contribution in [1.82, 2.24) is 20.1 Å². The minimum atomic E-state index is -4.66. The van der Waals surface area contributed by atoms with Crippen molar-refractivity contribution in [3.05, 3.63) is 59.4 Å². The molecule has 1 aromatic heterocycles. The molecule has 2 aromatic carbocycles. The van der Waals surface area contributed by atoms with Gasteiger partial charge in [-0.2, -0.15) is 18.2 Å². The summed E-state index contributed by atoms with van der Waals surface area (Å²) in [5.74, 6) is 1.19.